The summed E-state index contributed by atoms with van der Waals surface area (Å²) in [5.74, 6) is 0. The molecule has 0 N–H and O–H groups in total. The van der Waals surface area contributed by atoms with E-state index in [0.29, 0.717) is 0 Å². The SMILES string of the molecule is CC1(C)c2ccccc2-c2c1c1c3ccccc3n(-c3ccc4c(c3)oc3ccccc34)c1c1ccccc21. The molecule has 6 aromatic carbocycles. The number of hydrogen-bond donors (Lipinski definition) is 0. The summed E-state index contributed by atoms with van der Waals surface area (Å²) in [7, 11) is 0. The van der Waals surface area contributed by atoms with Crippen molar-refractivity contribution in [2.45, 2.75) is 19.3 Å². The average Bonchev–Trinajstić information content (AvgIpc) is 3.59. The standard InChI is InChI=1S/C37H25NO/c1-37(2)29-16-8-5-14-27(29)33-25-12-3-4-13-26(25)36-34(35(33)37)28-15-6-9-17-30(28)38(36)22-19-20-24-23-11-7-10-18-31(23)39-32(24)21-22/h3-21H,1-2H3. The van der Waals surface area contributed by atoms with Crippen LogP contribution in [0.4, 0.5) is 0 Å². The Morgan fingerprint density at radius 1 is 0.590 bits per heavy atom. The lowest BCUT2D eigenvalue weighted by Gasteiger charge is -2.23. The fourth-order valence-corrected chi connectivity index (χ4v) is 7.32. The first-order valence-corrected chi connectivity index (χ1v) is 13.6. The minimum Gasteiger partial charge on any atom is -0.456 e. The van der Waals surface area contributed by atoms with Gasteiger partial charge in [-0.2, -0.15) is 0 Å². The Hall–Kier alpha value is -4.82. The smallest absolute Gasteiger partial charge is 0.137 e. The normalized spacial score (nSPS) is 14.1. The van der Waals surface area contributed by atoms with Gasteiger partial charge in [-0.3, -0.25) is 0 Å². The Morgan fingerprint density at radius 3 is 2.13 bits per heavy atom. The van der Waals surface area contributed by atoms with Gasteiger partial charge in [0.25, 0.3) is 0 Å². The van der Waals surface area contributed by atoms with E-state index in [0.717, 1.165) is 27.6 Å². The van der Waals surface area contributed by atoms with Gasteiger partial charge in [0.2, 0.25) is 0 Å². The highest BCUT2D eigenvalue weighted by Crippen LogP contribution is 2.56. The first-order chi connectivity index (χ1) is 19.1. The zero-order chi connectivity index (χ0) is 25.9. The molecule has 184 valence electrons. The summed E-state index contributed by atoms with van der Waals surface area (Å²) in [4.78, 5) is 0. The molecule has 2 heteroatoms. The van der Waals surface area contributed by atoms with Crippen molar-refractivity contribution in [3.05, 3.63) is 126 Å². The van der Waals surface area contributed by atoms with Gasteiger partial charge >= 0.3 is 0 Å². The molecule has 1 aliphatic carbocycles. The van der Waals surface area contributed by atoms with Gasteiger partial charge in [-0.05, 0) is 51.9 Å². The topological polar surface area (TPSA) is 18.1 Å². The molecular weight excluding hydrogens is 474 g/mol. The molecule has 0 radical (unpaired) electrons. The Balaban J connectivity index is 1.50. The van der Waals surface area contributed by atoms with E-state index in [9.17, 15) is 0 Å². The lowest BCUT2D eigenvalue weighted by Crippen LogP contribution is -2.15. The molecule has 9 rings (SSSR count). The van der Waals surface area contributed by atoms with Crippen LogP contribution in [0, 0.1) is 0 Å². The number of fused-ring (bicyclic) bond motifs is 13. The van der Waals surface area contributed by atoms with Crippen molar-refractivity contribution in [2.24, 2.45) is 0 Å². The molecule has 0 saturated carbocycles. The third-order valence-electron chi connectivity index (χ3n) is 8.94. The highest BCUT2D eigenvalue weighted by molar-refractivity contribution is 6.25. The third kappa shape index (κ3) is 2.56. The second kappa shape index (κ2) is 7.18. The van der Waals surface area contributed by atoms with E-state index in [1.54, 1.807) is 0 Å². The number of para-hydroxylation sites is 2. The average molecular weight is 500 g/mol. The molecule has 0 unspecified atom stereocenters. The number of furan rings is 1. The predicted molar refractivity (Wildman–Crippen MR) is 163 cm³/mol. The Morgan fingerprint density at radius 2 is 1.26 bits per heavy atom. The zero-order valence-electron chi connectivity index (χ0n) is 21.8. The van der Waals surface area contributed by atoms with Crippen LogP contribution in [0.15, 0.2) is 120 Å². The second-order valence-corrected chi connectivity index (χ2v) is 11.3. The van der Waals surface area contributed by atoms with Crippen LogP contribution >= 0.6 is 0 Å². The number of aromatic nitrogens is 1. The van der Waals surface area contributed by atoms with Gasteiger partial charge in [-0.25, -0.2) is 0 Å². The van der Waals surface area contributed by atoms with Crippen LogP contribution in [0.25, 0.3) is 71.3 Å². The molecule has 0 amide bonds. The molecule has 2 heterocycles. The van der Waals surface area contributed by atoms with Crippen molar-refractivity contribution >= 4 is 54.5 Å². The van der Waals surface area contributed by atoms with E-state index in [4.69, 9.17) is 4.42 Å². The Kier molecular flexibility index (Phi) is 3.89. The Labute approximate surface area is 225 Å². The minimum atomic E-state index is -0.119. The van der Waals surface area contributed by atoms with Gasteiger partial charge in [0.15, 0.2) is 0 Å². The maximum atomic E-state index is 6.34. The van der Waals surface area contributed by atoms with Crippen LogP contribution in [-0.4, -0.2) is 4.57 Å². The van der Waals surface area contributed by atoms with Crippen LogP contribution in [-0.2, 0) is 5.41 Å². The van der Waals surface area contributed by atoms with Crippen molar-refractivity contribution in [3.63, 3.8) is 0 Å². The van der Waals surface area contributed by atoms with Crippen LogP contribution in [0.1, 0.15) is 25.0 Å². The minimum absolute atomic E-state index is 0.119. The molecule has 1 aliphatic rings. The summed E-state index contributed by atoms with van der Waals surface area (Å²) in [5, 5.41) is 7.54. The van der Waals surface area contributed by atoms with E-state index in [1.807, 2.05) is 12.1 Å². The zero-order valence-corrected chi connectivity index (χ0v) is 21.8. The number of rotatable bonds is 1. The largest absolute Gasteiger partial charge is 0.456 e. The molecule has 0 atom stereocenters. The quantitative estimate of drug-likeness (QED) is 0.220. The summed E-state index contributed by atoms with van der Waals surface area (Å²) in [6, 6.07) is 41.7. The van der Waals surface area contributed by atoms with Crippen molar-refractivity contribution in [3.8, 4) is 16.8 Å². The van der Waals surface area contributed by atoms with Crippen LogP contribution in [0.3, 0.4) is 0 Å². The molecule has 0 aliphatic heterocycles. The van der Waals surface area contributed by atoms with E-state index in [2.05, 4.69) is 122 Å². The van der Waals surface area contributed by atoms with Crippen molar-refractivity contribution in [1.29, 1.82) is 0 Å². The van der Waals surface area contributed by atoms with Crippen molar-refractivity contribution < 1.29 is 4.42 Å². The third-order valence-corrected chi connectivity index (χ3v) is 8.94. The molecule has 39 heavy (non-hydrogen) atoms. The van der Waals surface area contributed by atoms with Gasteiger partial charge in [0, 0.05) is 44.1 Å². The predicted octanol–water partition coefficient (Wildman–Crippen LogP) is 10.1. The highest BCUT2D eigenvalue weighted by Gasteiger charge is 2.39. The molecule has 0 fully saturated rings. The van der Waals surface area contributed by atoms with E-state index in [1.165, 1.54) is 54.8 Å². The fraction of sp³-hybridized carbons (Fsp3) is 0.0811. The lowest BCUT2D eigenvalue weighted by atomic mass is 9.79. The molecule has 0 spiro atoms. The summed E-state index contributed by atoms with van der Waals surface area (Å²) in [6.07, 6.45) is 0. The number of hydrogen-bond acceptors (Lipinski definition) is 1. The van der Waals surface area contributed by atoms with Gasteiger partial charge in [-0.15, -0.1) is 0 Å². The van der Waals surface area contributed by atoms with E-state index in [-0.39, 0.29) is 5.41 Å². The summed E-state index contributed by atoms with van der Waals surface area (Å²) >= 11 is 0. The van der Waals surface area contributed by atoms with Gasteiger partial charge < -0.3 is 8.98 Å². The Bertz CT molecular complexity index is 2310. The number of benzene rings is 6. The van der Waals surface area contributed by atoms with Crippen molar-refractivity contribution in [1.82, 2.24) is 4.57 Å². The summed E-state index contributed by atoms with van der Waals surface area (Å²) in [5.41, 5.74) is 10.9. The monoisotopic (exact) mass is 499 g/mol. The van der Waals surface area contributed by atoms with Gasteiger partial charge in [-0.1, -0.05) is 98.8 Å². The summed E-state index contributed by atoms with van der Waals surface area (Å²) in [6.45, 7) is 4.77. The molecule has 8 aromatic rings. The second-order valence-electron chi connectivity index (χ2n) is 11.3. The van der Waals surface area contributed by atoms with Crippen LogP contribution < -0.4 is 0 Å². The van der Waals surface area contributed by atoms with E-state index >= 15 is 0 Å². The van der Waals surface area contributed by atoms with Gasteiger partial charge in [0.1, 0.15) is 11.2 Å². The summed E-state index contributed by atoms with van der Waals surface area (Å²) < 4.78 is 8.80. The molecule has 0 bridgehead atoms. The van der Waals surface area contributed by atoms with Crippen LogP contribution in [0.5, 0.6) is 0 Å². The maximum Gasteiger partial charge on any atom is 0.137 e. The molecule has 0 saturated heterocycles. The molecular formula is C37H25NO. The first-order valence-electron chi connectivity index (χ1n) is 13.6. The van der Waals surface area contributed by atoms with Crippen LogP contribution in [0.2, 0.25) is 0 Å². The highest BCUT2D eigenvalue weighted by atomic mass is 16.3. The number of nitrogens with zero attached hydrogens (tertiary/aromatic N) is 1. The first kappa shape index (κ1) is 21.2. The van der Waals surface area contributed by atoms with E-state index < -0.39 is 0 Å². The fourth-order valence-electron chi connectivity index (χ4n) is 7.32. The lowest BCUT2D eigenvalue weighted by molar-refractivity contribution is 0.667. The maximum absolute atomic E-state index is 6.34. The molecule has 2 nitrogen and oxygen atoms in total. The van der Waals surface area contributed by atoms with Gasteiger partial charge in [0.05, 0.1) is 11.0 Å². The molecule has 2 aromatic heterocycles. The van der Waals surface area contributed by atoms with Crippen molar-refractivity contribution in [2.75, 3.05) is 0 Å².